The van der Waals surface area contributed by atoms with Gasteiger partial charge in [0, 0.05) is 58.2 Å². The van der Waals surface area contributed by atoms with Crippen LogP contribution in [0.4, 0.5) is 5.82 Å². The summed E-state index contributed by atoms with van der Waals surface area (Å²) in [5, 5.41) is 9.92. The van der Waals surface area contributed by atoms with Gasteiger partial charge in [-0.2, -0.15) is 0 Å². The van der Waals surface area contributed by atoms with E-state index in [0.717, 1.165) is 44.7 Å². The van der Waals surface area contributed by atoms with Gasteiger partial charge in [-0.1, -0.05) is 0 Å². The van der Waals surface area contributed by atoms with Crippen molar-refractivity contribution in [2.45, 2.75) is 19.3 Å². The van der Waals surface area contributed by atoms with Crippen LogP contribution >= 0.6 is 0 Å². The van der Waals surface area contributed by atoms with Gasteiger partial charge in [0.05, 0.1) is 6.20 Å². The van der Waals surface area contributed by atoms with E-state index in [9.17, 15) is 9.90 Å². The Balaban J connectivity index is 1.63. The molecule has 7 heteroatoms. The zero-order valence-electron chi connectivity index (χ0n) is 14.2. The number of aliphatic hydroxyl groups excluding tert-OH is 1. The van der Waals surface area contributed by atoms with Crippen molar-refractivity contribution in [2.75, 3.05) is 51.4 Å². The van der Waals surface area contributed by atoms with Crippen LogP contribution in [-0.2, 0) is 9.53 Å². The summed E-state index contributed by atoms with van der Waals surface area (Å²) in [4.78, 5) is 24.7. The van der Waals surface area contributed by atoms with Crippen molar-refractivity contribution in [3.05, 3.63) is 18.6 Å². The number of carbonyl (C=O) groups is 1. The molecule has 1 atom stereocenters. The fourth-order valence-corrected chi connectivity index (χ4v) is 4.10. The maximum absolute atomic E-state index is 12.1. The third-order valence-electron chi connectivity index (χ3n) is 5.66. The highest BCUT2D eigenvalue weighted by Gasteiger charge is 2.45. The van der Waals surface area contributed by atoms with Gasteiger partial charge in [0.1, 0.15) is 12.4 Å². The van der Waals surface area contributed by atoms with Crippen molar-refractivity contribution in [3.63, 3.8) is 0 Å². The van der Waals surface area contributed by atoms with Gasteiger partial charge in [-0.25, -0.2) is 4.98 Å². The second-order valence-corrected chi connectivity index (χ2v) is 6.82. The molecule has 24 heavy (non-hydrogen) atoms. The van der Waals surface area contributed by atoms with E-state index in [1.54, 1.807) is 18.6 Å². The molecule has 2 fully saturated rings. The van der Waals surface area contributed by atoms with Crippen molar-refractivity contribution in [1.82, 2.24) is 14.9 Å². The molecular formula is C17H26N4O3. The molecule has 2 saturated heterocycles. The molecule has 1 aromatic heterocycles. The number of nitrogens with zero attached hydrogens (tertiary/aromatic N) is 4. The summed E-state index contributed by atoms with van der Waals surface area (Å²) in [6, 6.07) is 0. The monoisotopic (exact) mass is 334 g/mol. The Labute approximate surface area is 142 Å². The van der Waals surface area contributed by atoms with Crippen molar-refractivity contribution >= 4 is 11.7 Å². The normalized spacial score (nSPS) is 23.5. The van der Waals surface area contributed by atoms with E-state index in [-0.39, 0.29) is 30.5 Å². The average molecular weight is 334 g/mol. The first-order chi connectivity index (χ1) is 11.7. The van der Waals surface area contributed by atoms with Crippen LogP contribution in [0, 0.1) is 11.3 Å². The number of anilines is 1. The van der Waals surface area contributed by atoms with Gasteiger partial charge in [-0.15, -0.1) is 0 Å². The van der Waals surface area contributed by atoms with E-state index in [1.807, 2.05) is 4.90 Å². The Morgan fingerprint density at radius 1 is 1.33 bits per heavy atom. The molecule has 1 spiro atoms. The summed E-state index contributed by atoms with van der Waals surface area (Å²) in [7, 11) is 1.54. The number of amides is 1. The molecule has 132 valence electrons. The number of piperidine rings is 2. The summed E-state index contributed by atoms with van der Waals surface area (Å²) in [6.07, 6.45) is 8.18. The smallest absolute Gasteiger partial charge is 0.248 e. The molecule has 1 N–H and O–H groups in total. The molecule has 0 aromatic carbocycles. The number of hydrogen-bond donors (Lipinski definition) is 1. The number of hydrogen-bond acceptors (Lipinski definition) is 6. The van der Waals surface area contributed by atoms with E-state index < -0.39 is 0 Å². The Kier molecular flexibility index (Phi) is 5.30. The minimum atomic E-state index is 0.0165. The molecular weight excluding hydrogens is 308 g/mol. The average Bonchev–Trinajstić information content (AvgIpc) is 2.63. The maximum Gasteiger partial charge on any atom is 0.248 e. The fraction of sp³-hybridized carbons (Fsp3) is 0.706. The van der Waals surface area contributed by atoms with Crippen molar-refractivity contribution in [1.29, 1.82) is 0 Å². The first-order valence-corrected chi connectivity index (χ1v) is 8.57. The summed E-state index contributed by atoms with van der Waals surface area (Å²) >= 11 is 0. The predicted octanol–water partition coefficient (Wildman–Crippen LogP) is 0.550. The molecule has 3 rings (SSSR count). The van der Waals surface area contributed by atoms with Gasteiger partial charge in [0.25, 0.3) is 0 Å². The number of aliphatic hydroxyl groups is 1. The highest BCUT2D eigenvalue weighted by atomic mass is 16.5. The summed E-state index contributed by atoms with van der Waals surface area (Å²) < 4.78 is 4.95. The standard InChI is InChI=1S/C17H26N4O3/c1-24-13-16(23)21-9-4-17(14(11-21)12-22)2-7-20(8-3-17)15-10-18-5-6-19-15/h5-6,10,14,22H,2-4,7-9,11-13H2,1H3/t14-/m1/s1. The van der Waals surface area contributed by atoms with Crippen LogP contribution < -0.4 is 4.90 Å². The molecule has 2 aliphatic rings. The molecule has 0 radical (unpaired) electrons. The van der Waals surface area contributed by atoms with E-state index in [4.69, 9.17) is 4.74 Å². The molecule has 1 amide bonds. The fourth-order valence-electron chi connectivity index (χ4n) is 4.10. The number of methoxy groups -OCH3 is 1. The zero-order valence-corrected chi connectivity index (χ0v) is 14.2. The van der Waals surface area contributed by atoms with Crippen molar-refractivity contribution < 1.29 is 14.6 Å². The topological polar surface area (TPSA) is 78.8 Å². The highest BCUT2D eigenvalue weighted by molar-refractivity contribution is 5.77. The van der Waals surface area contributed by atoms with E-state index in [0.29, 0.717) is 6.54 Å². The van der Waals surface area contributed by atoms with Gasteiger partial charge >= 0.3 is 0 Å². The molecule has 2 aliphatic heterocycles. The summed E-state index contributed by atoms with van der Waals surface area (Å²) in [5.74, 6) is 1.07. The van der Waals surface area contributed by atoms with Gasteiger partial charge in [0.2, 0.25) is 5.91 Å². The molecule has 0 aliphatic carbocycles. The van der Waals surface area contributed by atoms with Gasteiger partial charge in [-0.3, -0.25) is 9.78 Å². The zero-order chi connectivity index (χ0) is 17.0. The second-order valence-electron chi connectivity index (χ2n) is 6.82. The molecule has 7 nitrogen and oxygen atoms in total. The van der Waals surface area contributed by atoms with Crippen LogP contribution in [0.5, 0.6) is 0 Å². The van der Waals surface area contributed by atoms with Crippen molar-refractivity contribution in [3.8, 4) is 0 Å². The van der Waals surface area contributed by atoms with Crippen LogP contribution in [-0.4, -0.2) is 72.4 Å². The van der Waals surface area contributed by atoms with Crippen LogP contribution in [0.15, 0.2) is 18.6 Å². The lowest BCUT2D eigenvalue weighted by Crippen LogP contribution is -2.55. The third kappa shape index (κ3) is 3.37. The number of ether oxygens (including phenoxy) is 1. The number of rotatable bonds is 4. The number of carbonyl (C=O) groups excluding carboxylic acids is 1. The Hall–Kier alpha value is -1.73. The SMILES string of the molecule is COCC(=O)N1CCC2(CCN(c3cnccn3)CC2)[C@@H](CO)C1. The van der Waals surface area contributed by atoms with Gasteiger partial charge in [-0.05, 0) is 24.7 Å². The number of likely N-dealkylation sites (tertiary alicyclic amines) is 1. The predicted molar refractivity (Wildman–Crippen MR) is 89.6 cm³/mol. The summed E-state index contributed by atoms with van der Waals surface area (Å²) in [6.45, 7) is 3.46. The molecule has 0 unspecified atom stereocenters. The second kappa shape index (κ2) is 7.44. The third-order valence-corrected chi connectivity index (χ3v) is 5.66. The molecule has 0 bridgehead atoms. The van der Waals surface area contributed by atoms with Gasteiger partial charge < -0.3 is 19.6 Å². The maximum atomic E-state index is 12.1. The van der Waals surface area contributed by atoms with Crippen LogP contribution in [0.2, 0.25) is 0 Å². The quantitative estimate of drug-likeness (QED) is 0.866. The lowest BCUT2D eigenvalue weighted by molar-refractivity contribution is -0.141. The first-order valence-electron chi connectivity index (χ1n) is 8.57. The van der Waals surface area contributed by atoms with Crippen molar-refractivity contribution in [2.24, 2.45) is 11.3 Å². The minimum Gasteiger partial charge on any atom is -0.396 e. The Bertz CT molecular complexity index is 546. The highest BCUT2D eigenvalue weighted by Crippen LogP contribution is 2.45. The number of aromatic nitrogens is 2. The Morgan fingerprint density at radius 2 is 2.08 bits per heavy atom. The molecule has 0 saturated carbocycles. The molecule has 3 heterocycles. The Morgan fingerprint density at radius 3 is 2.71 bits per heavy atom. The van der Waals surface area contributed by atoms with E-state index in [2.05, 4.69) is 14.9 Å². The van der Waals surface area contributed by atoms with E-state index in [1.165, 1.54) is 7.11 Å². The van der Waals surface area contributed by atoms with E-state index >= 15 is 0 Å². The van der Waals surface area contributed by atoms with Gasteiger partial charge in [0.15, 0.2) is 0 Å². The van der Waals surface area contributed by atoms with Crippen LogP contribution in [0.3, 0.4) is 0 Å². The lowest BCUT2D eigenvalue weighted by atomic mass is 9.64. The summed E-state index contributed by atoms with van der Waals surface area (Å²) in [5.41, 5.74) is 0.122. The first kappa shape index (κ1) is 17.1. The largest absolute Gasteiger partial charge is 0.396 e. The van der Waals surface area contributed by atoms with Crippen LogP contribution in [0.25, 0.3) is 0 Å². The van der Waals surface area contributed by atoms with Crippen LogP contribution in [0.1, 0.15) is 19.3 Å². The molecule has 1 aromatic rings. The minimum absolute atomic E-state index is 0.0165. The lowest BCUT2D eigenvalue weighted by Gasteiger charge is -2.51.